The van der Waals surface area contributed by atoms with Gasteiger partial charge in [0.15, 0.2) is 0 Å². The molecule has 1 aromatic heterocycles. The number of carbonyl (C=O) groups excluding carboxylic acids is 3. The van der Waals surface area contributed by atoms with E-state index in [4.69, 9.17) is 18.6 Å². The van der Waals surface area contributed by atoms with E-state index in [1.165, 1.54) is 13.4 Å². The van der Waals surface area contributed by atoms with Crippen LogP contribution in [-0.4, -0.2) is 31.1 Å². The van der Waals surface area contributed by atoms with Gasteiger partial charge in [-0.15, -0.1) is 0 Å². The van der Waals surface area contributed by atoms with Gasteiger partial charge in [0.1, 0.15) is 18.1 Å². The fourth-order valence-corrected chi connectivity index (χ4v) is 6.57. The highest BCUT2D eigenvalue weighted by Crippen LogP contribution is 2.67. The number of ether oxygens (including phenoxy) is 3. The molecule has 3 heterocycles. The van der Waals surface area contributed by atoms with Crippen LogP contribution in [0.15, 0.2) is 23.0 Å². The summed E-state index contributed by atoms with van der Waals surface area (Å²) in [6, 6.07) is 1.76. The van der Waals surface area contributed by atoms with Crippen LogP contribution in [0, 0.1) is 28.6 Å². The second kappa shape index (κ2) is 5.84. The highest BCUT2D eigenvalue weighted by atomic mass is 16.6. The number of hydrogen-bond acceptors (Lipinski definition) is 7. The lowest BCUT2D eigenvalue weighted by Crippen LogP contribution is -2.60. The third kappa shape index (κ3) is 2.07. The van der Waals surface area contributed by atoms with E-state index in [1.54, 1.807) is 12.3 Å². The highest BCUT2D eigenvalue weighted by Gasteiger charge is 2.74. The molecule has 2 aliphatic carbocycles. The van der Waals surface area contributed by atoms with Crippen molar-refractivity contribution in [3.8, 4) is 0 Å². The van der Waals surface area contributed by atoms with Crippen molar-refractivity contribution in [3.63, 3.8) is 0 Å². The zero-order valence-corrected chi connectivity index (χ0v) is 16.0. The summed E-state index contributed by atoms with van der Waals surface area (Å²) in [5, 5.41) is 0. The molecule has 0 amide bonds. The normalized spacial score (nSPS) is 44.1. The van der Waals surface area contributed by atoms with Crippen LogP contribution in [-0.2, 0) is 28.6 Å². The summed E-state index contributed by atoms with van der Waals surface area (Å²) in [5.41, 5.74) is -0.874. The van der Waals surface area contributed by atoms with Crippen LogP contribution in [0.3, 0.4) is 0 Å². The molecule has 2 bridgehead atoms. The molecule has 28 heavy (non-hydrogen) atoms. The molecule has 150 valence electrons. The van der Waals surface area contributed by atoms with E-state index in [0.717, 1.165) is 24.8 Å². The van der Waals surface area contributed by atoms with Gasteiger partial charge < -0.3 is 18.6 Å². The van der Waals surface area contributed by atoms with Crippen molar-refractivity contribution in [2.24, 2.45) is 28.6 Å². The molecule has 2 aliphatic heterocycles. The van der Waals surface area contributed by atoms with Gasteiger partial charge in [0.05, 0.1) is 30.5 Å². The number of furan rings is 1. The maximum atomic E-state index is 13.2. The SMILES string of the molecule is COC(=O)C1(C)CCCC2C1CC1OC(=O)C23CC(c2ccoc2)OC(=O)C13. The minimum atomic E-state index is -0.944. The molecule has 7 nitrogen and oxygen atoms in total. The summed E-state index contributed by atoms with van der Waals surface area (Å²) < 4.78 is 21.7. The average Bonchev–Trinajstić information content (AvgIpc) is 3.28. The second-order valence-corrected chi connectivity index (χ2v) is 8.90. The van der Waals surface area contributed by atoms with Crippen LogP contribution in [0.5, 0.6) is 0 Å². The number of fused-ring (bicyclic) bond motifs is 1. The first-order chi connectivity index (χ1) is 13.4. The topological polar surface area (TPSA) is 92.0 Å². The first-order valence-corrected chi connectivity index (χ1v) is 9.94. The molecule has 1 aromatic rings. The standard InChI is InChI=1S/C21H24O7/c1-20(18(23)25-2)6-3-4-12-13(20)8-14-16-17(22)27-15(11-5-7-26-10-11)9-21(12,16)19(24)28-14/h5,7,10,12-16H,3-4,6,8-9H2,1-2H3. The Bertz CT molecular complexity index is 830. The predicted molar refractivity (Wildman–Crippen MR) is 93.5 cm³/mol. The predicted octanol–water partition coefficient (Wildman–Crippen LogP) is 2.79. The van der Waals surface area contributed by atoms with Crippen molar-refractivity contribution < 1.29 is 33.0 Å². The molecule has 7 unspecified atom stereocenters. The molecule has 7 heteroatoms. The Hall–Kier alpha value is -2.31. The van der Waals surface area contributed by atoms with Gasteiger partial charge in [-0.3, -0.25) is 14.4 Å². The fourth-order valence-electron chi connectivity index (χ4n) is 6.57. The molecule has 2 saturated carbocycles. The van der Waals surface area contributed by atoms with Crippen molar-refractivity contribution in [1.29, 1.82) is 0 Å². The number of hydrogen-bond donors (Lipinski definition) is 0. The van der Waals surface area contributed by atoms with Crippen LogP contribution in [0.1, 0.15) is 50.7 Å². The zero-order valence-electron chi connectivity index (χ0n) is 16.0. The Morgan fingerprint density at radius 2 is 2.07 bits per heavy atom. The fraction of sp³-hybridized carbons (Fsp3) is 0.667. The van der Waals surface area contributed by atoms with Gasteiger partial charge >= 0.3 is 17.9 Å². The van der Waals surface area contributed by atoms with Gasteiger partial charge in [0, 0.05) is 12.0 Å². The van der Waals surface area contributed by atoms with Gasteiger partial charge in [-0.2, -0.15) is 0 Å². The summed E-state index contributed by atoms with van der Waals surface area (Å²) in [7, 11) is 1.41. The Labute approximate surface area is 162 Å². The minimum absolute atomic E-state index is 0.0581. The van der Waals surface area contributed by atoms with Crippen LogP contribution < -0.4 is 0 Å². The molecule has 2 saturated heterocycles. The van der Waals surface area contributed by atoms with Crippen molar-refractivity contribution in [2.75, 3.05) is 7.11 Å². The van der Waals surface area contributed by atoms with Crippen molar-refractivity contribution in [3.05, 3.63) is 24.2 Å². The quantitative estimate of drug-likeness (QED) is 0.568. The molecule has 4 fully saturated rings. The van der Waals surface area contributed by atoms with E-state index in [1.807, 2.05) is 6.92 Å². The average molecular weight is 388 g/mol. The van der Waals surface area contributed by atoms with Crippen molar-refractivity contribution in [2.45, 2.75) is 51.2 Å². The molecule has 7 atom stereocenters. The van der Waals surface area contributed by atoms with E-state index < -0.39 is 29.0 Å². The summed E-state index contributed by atoms with van der Waals surface area (Å²) in [6.45, 7) is 1.94. The van der Waals surface area contributed by atoms with E-state index in [9.17, 15) is 14.4 Å². The number of esters is 3. The molecule has 4 aliphatic rings. The molecule has 0 radical (unpaired) electrons. The maximum absolute atomic E-state index is 13.2. The van der Waals surface area contributed by atoms with Gasteiger partial charge in [-0.25, -0.2) is 0 Å². The van der Waals surface area contributed by atoms with E-state index >= 15 is 0 Å². The summed E-state index contributed by atoms with van der Waals surface area (Å²) >= 11 is 0. The molecule has 5 rings (SSSR count). The van der Waals surface area contributed by atoms with E-state index in [-0.39, 0.29) is 29.7 Å². The number of cyclic esters (lactones) is 1. The monoisotopic (exact) mass is 388 g/mol. The molecule has 0 spiro atoms. The largest absolute Gasteiger partial charge is 0.472 e. The summed E-state index contributed by atoms with van der Waals surface area (Å²) in [6.07, 6.45) is 5.20. The zero-order chi connectivity index (χ0) is 19.7. The first-order valence-electron chi connectivity index (χ1n) is 9.94. The molecular weight excluding hydrogens is 364 g/mol. The first kappa shape index (κ1) is 17.8. The lowest BCUT2D eigenvalue weighted by atomic mass is 9.46. The summed E-state index contributed by atoms with van der Waals surface area (Å²) in [4.78, 5) is 38.9. The molecule has 0 aromatic carbocycles. The van der Waals surface area contributed by atoms with Gasteiger partial charge in [0.2, 0.25) is 0 Å². The highest BCUT2D eigenvalue weighted by molar-refractivity contribution is 5.91. The van der Waals surface area contributed by atoms with Crippen molar-refractivity contribution >= 4 is 17.9 Å². The van der Waals surface area contributed by atoms with E-state index in [2.05, 4.69) is 0 Å². The maximum Gasteiger partial charge on any atom is 0.314 e. The second-order valence-electron chi connectivity index (χ2n) is 8.90. The Kier molecular flexibility index (Phi) is 3.71. The third-order valence-electron chi connectivity index (χ3n) is 7.83. The number of rotatable bonds is 2. The van der Waals surface area contributed by atoms with Gasteiger partial charge in [-0.05, 0) is 44.1 Å². The lowest BCUT2D eigenvalue weighted by Gasteiger charge is -2.55. The lowest BCUT2D eigenvalue weighted by molar-refractivity contribution is -0.196. The Morgan fingerprint density at radius 1 is 1.25 bits per heavy atom. The van der Waals surface area contributed by atoms with Crippen LogP contribution in [0.25, 0.3) is 0 Å². The Morgan fingerprint density at radius 3 is 2.79 bits per heavy atom. The van der Waals surface area contributed by atoms with Crippen LogP contribution in [0.4, 0.5) is 0 Å². The smallest absolute Gasteiger partial charge is 0.314 e. The number of carbonyl (C=O) groups is 3. The van der Waals surface area contributed by atoms with Crippen molar-refractivity contribution in [1.82, 2.24) is 0 Å². The third-order valence-corrected chi connectivity index (χ3v) is 7.83. The van der Waals surface area contributed by atoms with Crippen LogP contribution in [0.2, 0.25) is 0 Å². The molecular formula is C21H24O7. The summed E-state index contributed by atoms with van der Waals surface area (Å²) in [5.74, 6) is -1.69. The van der Waals surface area contributed by atoms with Gasteiger partial charge in [0.25, 0.3) is 0 Å². The van der Waals surface area contributed by atoms with Gasteiger partial charge in [-0.1, -0.05) is 6.42 Å². The minimum Gasteiger partial charge on any atom is -0.472 e. The number of methoxy groups -OCH3 is 1. The van der Waals surface area contributed by atoms with Crippen LogP contribution >= 0.6 is 0 Å². The Balaban J connectivity index is 1.60. The van der Waals surface area contributed by atoms with E-state index in [0.29, 0.717) is 12.8 Å². The molecule has 0 N–H and O–H groups in total.